The lowest BCUT2D eigenvalue weighted by atomic mass is 10.0. The van der Waals surface area contributed by atoms with Gasteiger partial charge in [0.25, 0.3) is 5.91 Å². The number of hydrogen-bond donors (Lipinski definition) is 3. The first-order valence-corrected chi connectivity index (χ1v) is 8.45. The average molecular weight is 333 g/mol. The van der Waals surface area contributed by atoms with Gasteiger partial charge >= 0.3 is 0 Å². The molecule has 2 rings (SSSR count). The van der Waals surface area contributed by atoms with E-state index in [2.05, 4.69) is 10.6 Å². The van der Waals surface area contributed by atoms with Crippen molar-refractivity contribution in [2.24, 2.45) is 11.7 Å². The van der Waals surface area contributed by atoms with E-state index in [4.69, 9.17) is 10.5 Å². The monoisotopic (exact) mass is 333 g/mol. The Bertz CT molecular complexity index is 567. The highest BCUT2D eigenvalue weighted by atomic mass is 16.5. The summed E-state index contributed by atoms with van der Waals surface area (Å²) in [6.07, 6.45) is 2.12. The lowest BCUT2D eigenvalue weighted by Crippen LogP contribution is -2.39. The molecule has 0 spiro atoms. The van der Waals surface area contributed by atoms with Crippen LogP contribution >= 0.6 is 0 Å². The molecule has 1 aliphatic carbocycles. The summed E-state index contributed by atoms with van der Waals surface area (Å²) in [4.78, 5) is 23.6. The topological polar surface area (TPSA) is 93.5 Å². The van der Waals surface area contributed by atoms with Gasteiger partial charge in [0.15, 0.2) is 6.61 Å². The third kappa shape index (κ3) is 5.53. The van der Waals surface area contributed by atoms with Crippen molar-refractivity contribution in [3.63, 3.8) is 0 Å². The lowest BCUT2D eigenvalue weighted by Gasteiger charge is -2.20. The first kappa shape index (κ1) is 18.3. The van der Waals surface area contributed by atoms with E-state index in [-0.39, 0.29) is 36.4 Å². The van der Waals surface area contributed by atoms with Crippen molar-refractivity contribution < 1.29 is 14.3 Å². The molecule has 6 heteroatoms. The van der Waals surface area contributed by atoms with Crippen molar-refractivity contribution in [1.82, 2.24) is 10.6 Å². The van der Waals surface area contributed by atoms with Crippen LogP contribution in [0, 0.1) is 5.92 Å². The average Bonchev–Trinajstić information content (AvgIpc) is 3.36. The van der Waals surface area contributed by atoms with Gasteiger partial charge in [-0.2, -0.15) is 0 Å². The summed E-state index contributed by atoms with van der Waals surface area (Å²) in [5, 5.41) is 5.82. The standard InChI is InChI=1S/C18H27N3O3/c1-11(12(2)19)18(23)20-13(3)14-4-8-16(9-5-14)24-10-17(22)21-15-6-7-15/h4-5,8-9,11-13,15H,6-7,10,19H2,1-3H3,(H,20,23)(H,21,22). The fourth-order valence-corrected chi connectivity index (χ4v) is 2.17. The summed E-state index contributed by atoms with van der Waals surface area (Å²) in [5.74, 6) is 0.244. The van der Waals surface area contributed by atoms with Crippen LogP contribution in [0.2, 0.25) is 0 Å². The second-order valence-electron chi connectivity index (χ2n) is 6.58. The zero-order valence-electron chi connectivity index (χ0n) is 14.5. The van der Waals surface area contributed by atoms with Crippen LogP contribution in [0.4, 0.5) is 0 Å². The number of ether oxygens (including phenoxy) is 1. The Labute approximate surface area is 143 Å². The maximum absolute atomic E-state index is 12.0. The molecule has 0 saturated heterocycles. The number of hydrogen-bond acceptors (Lipinski definition) is 4. The number of carbonyl (C=O) groups is 2. The Morgan fingerprint density at radius 2 is 1.83 bits per heavy atom. The summed E-state index contributed by atoms with van der Waals surface area (Å²) >= 11 is 0. The third-order valence-corrected chi connectivity index (χ3v) is 4.25. The van der Waals surface area contributed by atoms with Crippen LogP contribution in [0.1, 0.15) is 45.2 Å². The molecule has 4 N–H and O–H groups in total. The molecule has 0 radical (unpaired) electrons. The molecule has 6 nitrogen and oxygen atoms in total. The number of nitrogens with one attached hydrogen (secondary N) is 2. The molecule has 24 heavy (non-hydrogen) atoms. The Kier molecular flexibility index (Phi) is 6.20. The first-order valence-electron chi connectivity index (χ1n) is 8.45. The second-order valence-corrected chi connectivity index (χ2v) is 6.58. The molecule has 3 atom stereocenters. The van der Waals surface area contributed by atoms with Crippen molar-refractivity contribution >= 4 is 11.8 Å². The maximum Gasteiger partial charge on any atom is 0.258 e. The molecule has 3 unspecified atom stereocenters. The Balaban J connectivity index is 1.81. The van der Waals surface area contributed by atoms with Crippen molar-refractivity contribution in [2.75, 3.05) is 6.61 Å². The SMILES string of the molecule is CC(NC(=O)C(C)C(C)N)c1ccc(OCC(=O)NC2CC2)cc1. The van der Waals surface area contributed by atoms with Gasteiger partial charge in [-0.3, -0.25) is 9.59 Å². The van der Waals surface area contributed by atoms with Gasteiger partial charge in [-0.15, -0.1) is 0 Å². The van der Waals surface area contributed by atoms with E-state index in [0.29, 0.717) is 11.8 Å². The molecular formula is C18H27N3O3. The van der Waals surface area contributed by atoms with Gasteiger partial charge in [0.1, 0.15) is 5.75 Å². The van der Waals surface area contributed by atoms with Gasteiger partial charge < -0.3 is 21.1 Å². The molecular weight excluding hydrogens is 306 g/mol. The first-order chi connectivity index (χ1) is 11.4. The number of rotatable bonds is 8. The Morgan fingerprint density at radius 1 is 1.21 bits per heavy atom. The van der Waals surface area contributed by atoms with E-state index in [1.807, 2.05) is 32.9 Å². The third-order valence-electron chi connectivity index (χ3n) is 4.25. The van der Waals surface area contributed by atoms with Gasteiger partial charge in [-0.1, -0.05) is 19.1 Å². The molecule has 0 aromatic heterocycles. The smallest absolute Gasteiger partial charge is 0.258 e. The summed E-state index contributed by atoms with van der Waals surface area (Å²) < 4.78 is 5.47. The van der Waals surface area contributed by atoms with Gasteiger partial charge in [0, 0.05) is 18.0 Å². The molecule has 1 saturated carbocycles. The summed E-state index contributed by atoms with van der Waals surface area (Å²) in [5.41, 5.74) is 6.72. The number of nitrogens with two attached hydrogens (primary N) is 1. The Hall–Kier alpha value is -2.08. The molecule has 1 fully saturated rings. The number of amides is 2. The van der Waals surface area contributed by atoms with Crippen LogP contribution < -0.4 is 21.1 Å². The predicted molar refractivity (Wildman–Crippen MR) is 92.5 cm³/mol. The minimum Gasteiger partial charge on any atom is -0.484 e. The zero-order valence-corrected chi connectivity index (χ0v) is 14.5. The van der Waals surface area contributed by atoms with Crippen LogP contribution in [0.25, 0.3) is 0 Å². The molecule has 132 valence electrons. The highest BCUT2D eigenvalue weighted by Gasteiger charge is 2.23. The van der Waals surface area contributed by atoms with E-state index in [0.717, 1.165) is 18.4 Å². The highest BCUT2D eigenvalue weighted by Crippen LogP contribution is 2.20. The van der Waals surface area contributed by atoms with Gasteiger partial charge in [-0.05, 0) is 44.4 Å². The summed E-state index contributed by atoms with van der Waals surface area (Å²) in [7, 11) is 0. The molecule has 0 aliphatic heterocycles. The van der Waals surface area contributed by atoms with Crippen LogP contribution in [0.5, 0.6) is 5.75 Å². The molecule has 1 aliphatic rings. The molecule has 0 bridgehead atoms. The normalized spacial score (nSPS) is 17.5. The van der Waals surface area contributed by atoms with Crippen molar-refractivity contribution in [3.05, 3.63) is 29.8 Å². The van der Waals surface area contributed by atoms with Crippen molar-refractivity contribution in [3.8, 4) is 5.75 Å². The number of carbonyl (C=O) groups excluding carboxylic acids is 2. The minimum atomic E-state index is -0.236. The van der Waals surface area contributed by atoms with E-state index in [1.54, 1.807) is 12.1 Å². The lowest BCUT2D eigenvalue weighted by molar-refractivity contribution is -0.125. The van der Waals surface area contributed by atoms with Gasteiger partial charge in [-0.25, -0.2) is 0 Å². The molecule has 0 heterocycles. The van der Waals surface area contributed by atoms with Crippen LogP contribution in [-0.4, -0.2) is 30.5 Å². The van der Waals surface area contributed by atoms with Gasteiger partial charge in [0.05, 0.1) is 6.04 Å². The van der Waals surface area contributed by atoms with Crippen molar-refractivity contribution in [2.45, 2.75) is 51.7 Å². The van der Waals surface area contributed by atoms with E-state index in [9.17, 15) is 9.59 Å². The van der Waals surface area contributed by atoms with Crippen LogP contribution in [-0.2, 0) is 9.59 Å². The quantitative estimate of drug-likeness (QED) is 0.672. The second kappa shape index (κ2) is 8.15. The van der Waals surface area contributed by atoms with Gasteiger partial charge in [0.2, 0.25) is 5.91 Å². The molecule has 1 aromatic rings. The van der Waals surface area contributed by atoms with Crippen molar-refractivity contribution in [1.29, 1.82) is 0 Å². The van der Waals surface area contributed by atoms with E-state index in [1.165, 1.54) is 0 Å². The van der Waals surface area contributed by atoms with E-state index < -0.39 is 0 Å². The Morgan fingerprint density at radius 3 is 2.38 bits per heavy atom. The minimum absolute atomic E-state index is 0.0219. The van der Waals surface area contributed by atoms with E-state index >= 15 is 0 Å². The maximum atomic E-state index is 12.0. The van der Waals surface area contributed by atoms with Crippen LogP contribution in [0.3, 0.4) is 0 Å². The fourth-order valence-electron chi connectivity index (χ4n) is 2.17. The zero-order chi connectivity index (χ0) is 17.7. The van der Waals surface area contributed by atoms with Crippen LogP contribution in [0.15, 0.2) is 24.3 Å². The highest BCUT2D eigenvalue weighted by molar-refractivity contribution is 5.79. The summed E-state index contributed by atoms with van der Waals surface area (Å²) in [6, 6.07) is 7.41. The fraction of sp³-hybridized carbons (Fsp3) is 0.556. The largest absolute Gasteiger partial charge is 0.484 e. The summed E-state index contributed by atoms with van der Waals surface area (Å²) in [6.45, 7) is 5.58. The number of benzene rings is 1. The molecule has 2 amide bonds. The predicted octanol–water partition coefficient (Wildman–Crippen LogP) is 1.50. The molecule has 1 aromatic carbocycles.